The van der Waals surface area contributed by atoms with Crippen molar-refractivity contribution in [3.8, 4) is 11.3 Å². The monoisotopic (exact) mass is 320 g/mol. The van der Waals surface area contributed by atoms with Crippen molar-refractivity contribution >= 4 is 0 Å². The van der Waals surface area contributed by atoms with E-state index in [0.717, 1.165) is 19.3 Å². The quantitative estimate of drug-likeness (QED) is 0.677. The second-order valence-corrected chi connectivity index (χ2v) is 6.71. The molecular formula is C18H19F3N2. The van der Waals surface area contributed by atoms with E-state index in [9.17, 15) is 13.2 Å². The molecule has 122 valence electrons. The highest BCUT2D eigenvalue weighted by Gasteiger charge is 2.41. The molecule has 0 radical (unpaired) electrons. The smallest absolute Gasteiger partial charge is 0.256 e. The van der Waals surface area contributed by atoms with Crippen LogP contribution in [0.3, 0.4) is 0 Å². The molecule has 4 rings (SSSR count). The van der Waals surface area contributed by atoms with Crippen molar-refractivity contribution in [1.82, 2.24) is 9.55 Å². The van der Waals surface area contributed by atoms with Gasteiger partial charge in [-0.15, -0.1) is 0 Å². The molecule has 0 N–H and O–H groups in total. The van der Waals surface area contributed by atoms with Crippen LogP contribution in [0.1, 0.15) is 43.4 Å². The van der Waals surface area contributed by atoms with Crippen LogP contribution in [0.4, 0.5) is 13.2 Å². The number of aromatic nitrogens is 2. The topological polar surface area (TPSA) is 17.8 Å². The van der Waals surface area contributed by atoms with Crippen molar-refractivity contribution in [2.24, 2.45) is 5.92 Å². The zero-order chi connectivity index (χ0) is 16.0. The van der Waals surface area contributed by atoms with Gasteiger partial charge in [0.15, 0.2) is 0 Å². The molecule has 0 amide bonds. The summed E-state index contributed by atoms with van der Waals surface area (Å²) < 4.78 is 45.0. The van der Waals surface area contributed by atoms with E-state index in [1.165, 1.54) is 6.07 Å². The van der Waals surface area contributed by atoms with Crippen molar-refractivity contribution in [3.05, 3.63) is 41.6 Å². The molecule has 1 aliphatic heterocycles. The maximum Gasteiger partial charge on any atom is 0.256 e. The standard InChI is InChI=1S/C18H19F3N2/c19-15-8-4-7-13-14(15)10-23-11-22-16(17(13)23)9-18(20,21)12-5-2-1-3-6-12/h4,7-8,11-12H,1-3,5-6,9-10H2. The molecule has 1 aromatic carbocycles. The fourth-order valence-corrected chi connectivity index (χ4v) is 3.99. The Morgan fingerprint density at radius 3 is 2.74 bits per heavy atom. The second kappa shape index (κ2) is 5.39. The average Bonchev–Trinajstić information content (AvgIpc) is 3.09. The predicted molar refractivity (Wildman–Crippen MR) is 81.9 cm³/mol. The second-order valence-electron chi connectivity index (χ2n) is 6.71. The molecule has 0 bridgehead atoms. The van der Waals surface area contributed by atoms with Crippen molar-refractivity contribution < 1.29 is 13.2 Å². The first kappa shape index (κ1) is 14.8. The Hall–Kier alpha value is -1.78. The summed E-state index contributed by atoms with van der Waals surface area (Å²) in [5.74, 6) is -3.58. The average molecular weight is 320 g/mol. The van der Waals surface area contributed by atoms with Gasteiger partial charge in [-0.25, -0.2) is 18.2 Å². The lowest BCUT2D eigenvalue weighted by molar-refractivity contribution is -0.0704. The largest absolute Gasteiger partial charge is 0.326 e. The van der Waals surface area contributed by atoms with Crippen molar-refractivity contribution in [2.75, 3.05) is 0 Å². The minimum Gasteiger partial charge on any atom is -0.326 e. The predicted octanol–water partition coefficient (Wildman–Crippen LogP) is 4.81. The number of nitrogens with zero attached hydrogens (tertiary/aromatic N) is 2. The SMILES string of the molecule is Fc1cccc2c1Cn1cnc(CC(F)(F)C3CCCCC3)c1-2. The molecule has 0 spiro atoms. The van der Waals surface area contributed by atoms with Crippen LogP contribution < -0.4 is 0 Å². The number of benzene rings is 1. The van der Waals surface area contributed by atoms with Gasteiger partial charge in [-0.3, -0.25) is 0 Å². The number of fused-ring (bicyclic) bond motifs is 3. The van der Waals surface area contributed by atoms with Crippen LogP contribution in [0.5, 0.6) is 0 Å². The van der Waals surface area contributed by atoms with E-state index in [0.29, 0.717) is 41.9 Å². The summed E-state index contributed by atoms with van der Waals surface area (Å²) in [5, 5.41) is 0. The van der Waals surface area contributed by atoms with Gasteiger partial charge >= 0.3 is 0 Å². The molecule has 23 heavy (non-hydrogen) atoms. The molecule has 0 saturated heterocycles. The highest BCUT2D eigenvalue weighted by Crippen LogP contribution is 2.42. The van der Waals surface area contributed by atoms with Gasteiger partial charge in [-0.1, -0.05) is 31.4 Å². The number of imidazole rings is 1. The van der Waals surface area contributed by atoms with Crippen LogP contribution in [0.15, 0.2) is 24.5 Å². The third kappa shape index (κ3) is 2.46. The fraction of sp³-hybridized carbons (Fsp3) is 0.500. The Kier molecular flexibility index (Phi) is 3.47. The molecular weight excluding hydrogens is 301 g/mol. The Morgan fingerprint density at radius 2 is 1.96 bits per heavy atom. The van der Waals surface area contributed by atoms with E-state index < -0.39 is 11.8 Å². The van der Waals surface area contributed by atoms with Gasteiger partial charge in [0, 0.05) is 17.0 Å². The maximum atomic E-state index is 14.7. The van der Waals surface area contributed by atoms with Gasteiger partial charge in [-0.2, -0.15) is 0 Å². The Labute approximate surface area is 133 Å². The Bertz CT molecular complexity index is 730. The summed E-state index contributed by atoms with van der Waals surface area (Å²) in [7, 11) is 0. The highest BCUT2D eigenvalue weighted by molar-refractivity contribution is 5.70. The first-order chi connectivity index (χ1) is 11.1. The van der Waals surface area contributed by atoms with E-state index in [4.69, 9.17) is 0 Å². The van der Waals surface area contributed by atoms with Gasteiger partial charge in [0.2, 0.25) is 0 Å². The summed E-state index contributed by atoms with van der Waals surface area (Å²) in [6, 6.07) is 4.83. The molecule has 1 saturated carbocycles. The zero-order valence-corrected chi connectivity index (χ0v) is 12.9. The number of hydrogen-bond acceptors (Lipinski definition) is 1. The molecule has 5 heteroatoms. The van der Waals surface area contributed by atoms with Crippen LogP contribution in [0.25, 0.3) is 11.3 Å². The summed E-state index contributed by atoms with van der Waals surface area (Å²) in [5.41, 5.74) is 2.34. The minimum absolute atomic E-state index is 0.281. The molecule has 1 fully saturated rings. The molecule has 0 atom stereocenters. The highest BCUT2D eigenvalue weighted by atomic mass is 19.3. The normalized spacial score (nSPS) is 18.0. The summed E-state index contributed by atoms with van der Waals surface area (Å²) in [6.45, 7) is 0.374. The zero-order valence-electron chi connectivity index (χ0n) is 12.9. The van der Waals surface area contributed by atoms with Gasteiger partial charge in [0.1, 0.15) is 5.82 Å². The third-order valence-electron chi connectivity index (χ3n) is 5.22. The van der Waals surface area contributed by atoms with Crippen LogP contribution >= 0.6 is 0 Å². The lowest BCUT2D eigenvalue weighted by Crippen LogP contribution is -2.32. The van der Waals surface area contributed by atoms with Crippen molar-refractivity contribution in [1.29, 1.82) is 0 Å². The first-order valence-corrected chi connectivity index (χ1v) is 8.26. The summed E-state index contributed by atoms with van der Waals surface area (Å²) >= 11 is 0. The maximum absolute atomic E-state index is 14.7. The number of alkyl halides is 2. The van der Waals surface area contributed by atoms with Crippen molar-refractivity contribution in [2.45, 2.75) is 51.0 Å². The van der Waals surface area contributed by atoms with E-state index >= 15 is 0 Å². The van der Waals surface area contributed by atoms with Gasteiger partial charge in [-0.05, 0) is 18.9 Å². The minimum atomic E-state index is -2.74. The summed E-state index contributed by atoms with van der Waals surface area (Å²) in [6.07, 6.45) is 5.21. The lowest BCUT2D eigenvalue weighted by Gasteiger charge is -2.29. The van der Waals surface area contributed by atoms with Crippen LogP contribution in [-0.4, -0.2) is 15.5 Å². The van der Waals surface area contributed by atoms with E-state index in [1.54, 1.807) is 23.0 Å². The number of rotatable bonds is 3. The third-order valence-corrected chi connectivity index (χ3v) is 5.22. The lowest BCUT2D eigenvalue weighted by atomic mass is 9.82. The number of hydrogen-bond donors (Lipinski definition) is 0. The van der Waals surface area contributed by atoms with Gasteiger partial charge in [0.05, 0.1) is 30.7 Å². The van der Waals surface area contributed by atoms with Crippen molar-refractivity contribution in [3.63, 3.8) is 0 Å². The van der Waals surface area contributed by atoms with Crippen LogP contribution in [-0.2, 0) is 13.0 Å². The molecule has 2 nitrogen and oxygen atoms in total. The molecule has 1 aromatic heterocycles. The van der Waals surface area contributed by atoms with Gasteiger partial charge < -0.3 is 4.57 Å². The molecule has 2 heterocycles. The summed E-state index contributed by atoms with van der Waals surface area (Å²) in [4.78, 5) is 4.21. The van der Waals surface area contributed by atoms with E-state index in [-0.39, 0.29) is 12.2 Å². The molecule has 2 aliphatic rings. The first-order valence-electron chi connectivity index (χ1n) is 8.26. The van der Waals surface area contributed by atoms with Gasteiger partial charge in [0.25, 0.3) is 5.92 Å². The number of halogens is 3. The van der Waals surface area contributed by atoms with E-state index in [2.05, 4.69) is 4.98 Å². The molecule has 2 aromatic rings. The van der Waals surface area contributed by atoms with E-state index in [1.807, 2.05) is 0 Å². The fourth-order valence-electron chi connectivity index (χ4n) is 3.99. The van der Waals surface area contributed by atoms with Crippen LogP contribution in [0, 0.1) is 11.7 Å². The Morgan fingerprint density at radius 1 is 1.17 bits per heavy atom. The van der Waals surface area contributed by atoms with Crippen LogP contribution in [0.2, 0.25) is 0 Å². The Balaban J connectivity index is 1.65. The molecule has 1 aliphatic carbocycles. The molecule has 0 unspecified atom stereocenters.